The van der Waals surface area contributed by atoms with Crippen LogP contribution in [-0.4, -0.2) is 39.7 Å². The number of nitrogens with zero attached hydrogens (tertiary/aromatic N) is 3. The summed E-state index contributed by atoms with van der Waals surface area (Å²) in [5, 5.41) is 10.6. The summed E-state index contributed by atoms with van der Waals surface area (Å²) >= 11 is 7.28. The summed E-state index contributed by atoms with van der Waals surface area (Å²) in [6, 6.07) is 8.40. The molecule has 8 heteroatoms. The minimum absolute atomic E-state index is 0.0602. The highest BCUT2D eigenvalue weighted by atomic mass is 35.5. The number of halogens is 1. The first-order chi connectivity index (χ1) is 12.5. The summed E-state index contributed by atoms with van der Waals surface area (Å²) in [5.41, 5.74) is 1.25. The number of phenols is 1. The van der Waals surface area contributed by atoms with Gasteiger partial charge in [0.1, 0.15) is 5.69 Å². The minimum atomic E-state index is -0.167. The third kappa shape index (κ3) is 3.84. The van der Waals surface area contributed by atoms with E-state index < -0.39 is 0 Å². The number of aromatic hydroxyl groups is 1. The fraction of sp³-hybridized carbons (Fsp3) is 0.167. The number of aliphatic imine (C=N–C) groups is 1. The molecular formula is C18H16ClN3O3S. The lowest BCUT2D eigenvalue weighted by Crippen LogP contribution is -2.23. The Hall–Kier alpha value is -2.51. The van der Waals surface area contributed by atoms with Crippen molar-refractivity contribution in [2.45, 2.75) is 6.92 Å². The molecule has 1 aromatic heterocycles. The highest BCUT2D eigenvalue weighted by Crippen LogP contribution is 2.35. The second kappa shape index (κ2) is 7.80. The molecule has 0 saturated carbocycles. The van der Waals surface area contributed by atoms with Crippen LogP contribution in [0.2, 0.25) is 5.15 Å². The van der Waals surface area contributed by atoms with E-state index in [1.54, 1.807) is 43.6 Å². The Morgan fingerprint density at radius 1 is 1.42 bits per heavy atom. The van der Waals surface area contributed by atoms with Gasteiger partial charge in [0.15, 0.2) is 21.8 Å². The molecule has 1 aromatic carbocycles. The van der Waals surface area contributed by atoms with E-state index in [-0.39, 0.29) is 16.8 Å². The number of ether oxygens (including phenoxy) is 1. The number of amidine groups is 1. The van der Waals surface area contributed by atoms with Crippen LogP contribution in [0.25, 0.3) is 6.08 Å². The number of carbonyl (C=O) groups excluding carboxylic acids is 1. The lowest BCUT2D eigenvalue weighted by atomic mass is 10.2. The number of phenolic OH excluding ortho intramolecular Hbond substituents is 1. The standard InChI is InChI=1S/C18H16ClN3O3S/c1-3-25-14-9-11(6-7-13(14)23)10-15-17(24)22(2)18(26-15)21-12-5-4-8-20-16(12)19/h4-10,23H,3H2,1-2H3/b15-10-,21-18?. The van der Waals surface area contributed by atoms with E-state index in [9.17, 15) is 9.90 Å². The van der Waals surface area contributed by atoms with Gasteiger partial charge in [0, 0.05) is 13.2 Å². The van der Waals surface area contributed by atoms with E-state index in [4.69, 9.17) is 16.3 Å². The van der Waals surface area contributed by atoms with Crippen LogP contribution in [0.4, 0.5) is 5.69 Å². The fourth-order valence-electron chi connectivity index (χ4n) is 2.26. The SMILES string of the molecule is CCOc1cc(/C=C2\SC(=Nc3cccnc3Cl)N(C)C2=O)ccc1O. The largest absolute Gasteiger partial charge is 0.504 e. The highest BCUT2D eigenvalue weighted by molar-refractivity contribution is 8.18. The van der Waals surface area contributed by atoms with Crippen LogP contribution < -0.4 is 4.74 Å². The topological polar surface area (TPSA) is 75.0 Å². The van der Waals surface area contributed by atoms with Gasteiger partial charge < -0.3 is 9.84 Å². The quantitative estimate of drug-likeness (QED) is 0.630. The molecule has 1 aliphatic heterocycles. The number of carbonyl (C=O) groups is 1. The molecule has 1 N–H and O–H groups in total. The lowest BCUT2D eigenvalue weighted by Gasteiger charge is -2.07. The van der Waals surface area contributed by atoms with Crippen molar-refractivity contribution < 1.29 is 14.6 Å². The number of pyridine rings is 1. The van der Waals surface area contributed by atoms with Gasteiger partial charge in [0.25, 0.3) is 5.91 Å². The van der Waals surface area contributed by atoms with Gasteiger partial charge in [-0.1, -0.05) is 17.7 Å². The molecule has 0 spiro atoms. The molecule has 1 amide bonds. The molecule has 134 valence electrons. The number of amides is 1. The number of hydrogen-bond donors (Lipinski definition) is 1. The van der Waals surface area contributed by atoms with Crippen LogP contribution in [0.5, 0.6) is 11.5 Å². The molecule has 0 radical (unpaired) electrons. The first-order valence-corrected chi connectivity index (χ1v) is 9.01. The van der Waals surface area contributed by atoms with Crippen LogP contribution >= 0.6 is 23.4 Å². The molecule has 0 atom stereocenters. The van der Waals surface area contributed by atoms with E-state index in [2.05, 4.69) is 9.98 Å². The smallest absolute Gasteiger partial charge is 0.266 e. The van der Waals surface area contributed by atoms with Crippen LogP contribution in [0.15, 0.2) is 46.4 Å². The van der Waals surface area contributed by atoms with Gasteiger partial charge in [-0.3, -0.25) is 9.69 Å². The molecule has 3 rings (SSSR count). The number of likely N-dealkylation sites (N-methyl/N-ethyl adjacent to an activating group) is 1. The third-order valence-corrected chi connectivity index (χ3v) is 4.89. The van der Waals surface area contributed by atoms with E-state index in [0.29, 0.717) is 28.1 Å². The normalized spacial score (nSPS) is 17.3. The van der Waals surface area contributed by atoms with E-state index in [1.165, 1.54) is 22.7 Å². The molecule has 1 aliphatic rings. The van der Waals surface area contributed by atoms with Crippen molar-refractivity contribution in [1.82, 2.24) is 9.88 Å². The van der Waals surface area contributed by atoms with Crippen molar-refractivity contribution in [1.29, 1.82) is 0 Å². The molecule has 0 bridgehead atoms. The van der Waals surface area contributed by atoms with Gasteiger partial charge in [-0.2, -0.15) is 0 Å². The maximum Gasteiger partial charge on any atom is 0.266 e. The van der Waals surface area contributed by atoms with Gasteiger partial charge in [-0.15, -0.1) is 0 Å². The molecule has 2 aromatic rings. The van der Waals surface area contributed by atoms with Crippen molar-refractivity contribution in [3.63, 3.8) is 0 Å². The number of hydrogen-bond acceptors (Lipinski definition) is 6. The molecule has 0 unspecified atom stereocenters. The molecular weight excluding hydrogens is 374 g/mol. The van der Waals surface area contributed by atoms with Gasteiger partial charge in [0.2, 0.25) is 0 Å². The monoisotopic (exact) mass is 389 g/mol. The van der Waals surface area contributed by atoms with Crippen LogP contribution in [0, 0.1) is 0 Å². The summed E-state index contributed by atoms with van der Waals surface area (Å²) in [6.45, 7) is 2.27. The molecule has 1 fully saturated rings. The zero-order chi connectivity index (χ0) is 18.7. The second-order valence-electron chi connectivity index (χ2n) is 5.34. The van der Waals surface area contributed by atoms with Gasteiger partial charge in [-0.05, 0) is 54.6 Å². The number of aromatic nitrogens is 1. The summed E-state index contributed by atoms with van der Waals surface area (Å²) in [4.78, 5) is 22.9. The second-order valence-corrected chi connectivity index (χ2v) is 6.71. The first-order valence-electron chi connectivity index (χ1n) is 7.82. The Kier molecular flexibility index (Phi) is 5.49. The van der Waals surface area contributed by atoms with Gasteiger partial charge >= 0.3 is 0 Å². The Balaban J connectivity index is 1.90. The zero-order valence-electron chi connectivity index (χ0n) is 14.1. The molecule has 1 saturated heterocycles. The van der Waals surface area contributed by atoms with E-state index in [0.717, 1.165) is 5.56 Å². The van der Waals surface area contributed by atoms with Crippen molar-refractivity contribution in [2.24, 2.45) is 4.99 Å². The highest BCUT2D eigenvalue weighted by Gasteiger charge is 2.30. The Morgan fingerprint density at radius 3 is 2.96 bits per heavy atom. The van der Waals surface area contributed by atoms with Crippen LogP contribution in [-0.2, 0) is 4.79 Å². The zero-order valence-corrected chi connectivity index (χ0v) is 15.7. The third-order valence-electron chi connectivity index (χ3n) is 3.54. The predicted octanol–water partition coefficient (Wildman–Crippen LogP) is 4.07. The van der Waals surface area contributed by atoms with Crippen LogP contribution in [0.1, 0.15) is 12.5 Å². The first kappa shape index (κ1) is 18.3. The molecule has 6 nitrogen and oxygen atoms in total. The Bertz CT molecular complexity index is 914. The van der Waals surface area contributed by atoms with E-state index >= 15 is 0 Å². The van der Waals surface area contributed by atoms with Crippen molar-refractivity contribution in [3.05, 3.63) is 52.2 Å². The maximum atomic E-state index is 12.5. The fourth-order valence-corrected chi connectivity index (χ4v) is 3.40. The van der Waals surface area contributed by atoms with Crippen molar-refractivity contribution >= 4 is 46.2 Å². The molecule has 0 aliphatic carbocycles. The average Bonchev–Trinajstić information content (AvgIpc) is 2.88. The lowest BCUT2D eigenvalue weighted by molar-refractivity contribution is -0.121. The van der Waals surface area contributed by atoms with Gasteiger partial charge in [-0.25, -0.2) is 9.98 Å². The Labute approximate surface area is 160 Å². The van der Waals surface area contributed by atoms with Crippen molar-refractivity contribution in [2.75, 3.05) is 13.7 Å². The maximum absolute atomic E-state index is 12.5. The molecule has 2 heterocycles. The predicted molar refractivity (Wildman–Crippen MR) is 104 cm³/mol. The minimum Gasteiger partial charge on any atom is -0.504 e. The summed E-state index contributed by atoms with van der Waals surface area (Å²) in [5.74, 6) is 0.270. The molecule has 26 heavy (non-hydrogen) atoms. The summed E-state index contributed by atoms with van der Waals surface area (Å²) in [7, 11) is 1.65. The number of benzene rings is 1. The average molecular weight is 390 g/mol. The van der Waals surface area contributed by atoms with E-state index in [1.807, 2.05) is 6.92 Å². The summed E-state index contributed by atoms with van der Waals surface area (Å²) < 4.78 is 5.38. The summed E-state index contributed by atoms with van der Waals surface area (Å²) in [6.07, 6.45) is 3.31. The Morgan fingerprint density at radius 2 is 2.23 bits per heavy atom. The number of rotatable bonds is 4. The van der Waals surface area contributed by atoms with Crippen LogP contribution in [0.3, 0.4) is 0 Å². The number of thioether (sulfide) groups is 1. The van der Waals surface area contributed by atoms with Crippen molar-refractivity contribution in [3.8, 4) is 11.5 Å². The van der Waals surface area contributed by atoms with Gasteiger partial charge in [0.05, 0.1) is 11.5 Å².